The van der Waals surface area contributed by atoms with E-state index in [1.54, 1.807) is 0 Å². The molecule has 1 rings (SSSR count). The number of urea groups is 1. The maximum absolute atomic E-state index is 11.8. The first-order valence-corrected chi connectivity index (χ1v) is 6.89. The minimum Gasteiger partial charge on any atom is -0.481 e. The molecule has 1 aliphatic rings. The fourth-order valence-corrected chi connectivity index (χ4v) is 2.21. The van der Waals surface area contributed by atoms with Crippen LogP contribution in [0.15, 0.2) is 0 Å². The van der Waals surface area contributed by atoms with E-state index in [-0.39, 0.29) is 18.6 Å². The van der Waals surface area contributed by atoms with Gasteiger partial charge >= 0.3 is 12.0 Å². The topological polar surface area (TPSA) is 87.7 Å². The van der Waals surface area contributed by atoms with Crippen molar-refractivity contribution in [2.75, 3.05) is 19.8 Å². The molecule has 6 heteroatoms. The number of rotatable bonds is 6. The second-order valence-corrected chi connectivity index (χ2v) is 5.01. The molecule has 0 spiro atoms. The lowest BCUT2D eigenvalue weighted by molar-refractivity contribution is -0.149. The van der Waals surface area contributed by atoms with Gasteiger partial charge in [0, 0.05) is 25.8 Å². The van der Waals surface area contributed by atoms with E-state index in [0.29, 0.717) is 26.1 Å². The normalized spacial score (nSPS) is 16.9. The molecule has 0 aliphatic carbocycles. The van der Waals surface area contributed by atoms with E-state index in [1.807, 2.05) is 13.8 Å². The summed E-state index contributed by atoms with van der Waals surface area (Å²) in [6.07, 6.45) is 2.60. The molecule has 0 aromatic heterocycles. The highest BCUT2D eigenvalue weighted by molar-refractivity contribution is 5.78. The third-order valence-corrected chi connectivity index (χ3v) is 3.95. The van der Waals surface area contributed by atoms with E-state index >= 15 is 0 Å². The van der Waals surface area contributed by atoms with Gasteiger partial charge in [0.2, 0.25) is 0 Å². The molecule has 1 saturated heterocycles. The van der Waals surface area contributed by atoms with Crippen LogP contribution in [0.25, 0.3) is 0 Å². The predicted octanol–water partition coefficient (Wildman–Crippen LogP) is 1.36. The SMILES string of the molecule is CCC(CC)(CNC(=O)NC1CCOCC1)C(=O)O. The monoisotopic (exact) mass is 272 g/mol. The minimum atomic E-state index is -0.868. The molecular formula is C13H24N2O4. The lowest BCUT2D eigenvalue weighted by Gasteiger charge is -2.28. The van der Waals surface area contributed by atoms with Crippen molar-refractivity contribution in [3.63, 3.8) is 0 Å². The molecule has 0 bridgehead atoms. The first-order valence-electron chi connectivity index (χ1n) is 6.89. The summed E-state index contributed by atoms with van der Waals surface area (Å²) in [6.45, 7) is 5.14. The van der Waals surface area contributed by atoms with E-state index in [0.717, 1.165) is 12.8 Å². The van der Waals surface area contributed by atoms with Gasteiger partial charge in [-0.3, -0.25) is 4.79 Å². The van der Waals surface area contributed by atoms with Gasteiger partial charge in [-0.15, -0.1) is 0 Å². The Bertz CT molecular complexity index is 310. The maximum Gasteiger partial charge on any atom is 0.315 e. The Hall–Kier alpha value is -1.30. The maximum atomic E-state index is 11.8. The molecule has 0 aromatic rings. The Labute approximate surface area is 113 Å². The number of aliphatic carboxylic acids is 1. The van der Waals surface area contributed by atoms with E-state index < -0.39 is 11.4 Å². The molecule has 0 atom stereocenters. The van der Waals surface area contributed by atoms with Gasteiger partial charge in [0.05, 0.1) is 5.41 Å². The smallest absolute Gasteiger partial charge is 0.315 e. The highest BCUT2D eigenvalue weighted by atomic mass is 16.5. The molecule has 0 radical (unpaired) electrons. The lowest BCUT2D eigenvalue weighted by atomic mass is 9.82. The molecule has 0 aromatic carbocycles. The van der Waals surface area contributed by atoms with Crippen molar-refractivity contribution in [2.24, 2.45) is 5.41 Å². The summed E-state index contributed by atoms with van der Waals surface area (Å²) < 4.78 is 5.21. The van der Waals surface area contributed by atoms with E-state index in [2.05, 4.69) is 10.6 Å². The summed E-state index contributed by atoms with van der Waals surface area (Å²) in [7, 11) is 0. The van der Waals surface area contributed by atoms with Crippen LogP contribution in [0.3, 0.4) is 0 Å². The molecule has 110 valence electrons. The molecule has 19 heavy (non-hydrogen) atoms. The zero-order chi connectivity index (χ0) is 14.3. The molecular weight excluding hydrogens is 248 g/mol. The van der Waals surface area contributed by atoms with Crippen LogP contribution in [0.1, 0.15) is 39.5 Å². The van der Waals surface area contributed by atoms with Crippen LogP contribution in [0.5, 0.6) is 0 Å². The van der Waals surface area contributed by atoms with Gasteiger partial charge in [0.15, 0.2) is 0 Å². The Morgan fingerprint density at radius 1 is 1.26 bits per heavy atom. The van der Waals surface area contributed by atoms with Crippen molar-refractivity contribution < 1.29 is 19.4 Å². The highest BCUT2D eigenvalue weighted by Crippen LogP contribution is 2.25. The summed E-state index contributed by atoms with van der Waals surface area (Å²) in [6, 6.07) is -0.171. The summed E-state index contributed by atoms with van der Waals surface area (Å²) in [5.41, 5.74) is -0.868. The number of carboxylic acids is 1. The van der Waals surface area contributed by atoms with Crippen LogP contribution in [0, 0.1) is 5.41 Å². The Kier molecular flexibility index (Phi) is 6.08. The van der Waals surface area contributed by atoms with Gasteiger partial charge in [-0.05, 0) is 25.7 Å². The summed E-state index contributed by atoms with van der Waals surface area (Å²) >= 11 is 0. The number of hydrogen-bond acceptors (Lipinski definition) is 3. The Morgan fingerprint density at radius 2 is 1.84 bits per heavy atom. The molecule has 1 heterocycles. The van der Waals surface area contributed by atoms with Crippen LogP contribution >= 0.6 is 0 Å². The standard InChI is InChI=1S/C13H24N2O4/c1-3-13(4-2,11(16)17)9-14-12(18)15-10-5-7-19-8-6-10/h10H,3-9H2,1-2H3,(H,16,17)(H2,14,15,18). The molecule has 2 amide bonds. The minimum absolute atomic E-state index is 0.122. The molecule has 1 fully saturated rings. The van der Waals surface area contributed by atoms with Crippen molar-refractivity contribution in [1.29, 1.82) is 0 Å². The van der Waals surface area contributed by atoms with Gasteiger partial charge in [-0.2, -0.15) is 0 Å². The summed E-state index contributed by atoms with van der Waals surface area (Å²) in [4.78, 5) is 23.1. The quantitative estimate of drug-likeness (QED) is 0.681. The summed E-state index contributed by atoms with van der Waals surface area (Å²) in [5, 5.41) is 14.8. The van der Waals surface area contributed by atoms with Crippen LogP contribution in [0.4, 0.5) is 4.79 Å². The second-order valence-electron chi connectivity index (χ2n) is 5.01. The molecule has 3 N–H and O–H groups in total. The number of amides is 2. The average molecular weight is 272 g/mol. The Balaban J connectivity index is 2.41. The number of hydrogen-bond donors (Lipinski definition) is 3. The number of carbonyl (C=O) groups is 2. The van der Waals surface area contributed by atoms with Gasteiger partial charge < -0.3 is 20.5 Å². The fourth-order valence-electron chi connectivity index (χ4n) is 2.21. The Morgan fingerprint density at radius 3 is 2.32 bits per heavy atom. The molecule has 0 saturated carbocycles. The first-order chi connectivity index (χ1) is 9.04. The molecule has 1 aliphatic heterocycles. The second kappa shape index (κ2) is 7.33. The third kappa shape index (κ3) is 4.38. The largest absolute Gasteiger partial charge is 0.481 e. The van der Waals surface area contributed by atoms with Crippen LogP contribution in [-0.2, 0) is 9.53 Å². The number of nitrogens with one attached hydrogen (secondary N) is 2. The molecule has 0 unspecified atom stereocenters. The van der Waals surface area contributed by atoms with Crippen LogP contribution in [0.2, 0.25) is 0 Å². The predicted molar refractivity (Wildman–Crippen MR) is 71.0 cm³/mol. The van der Waals surface area contributed by atoms with Gasteiger partial charge in [0.25, 0.3) is 0 Å². The van der Waals surface area contributed by atoms with Crippen molar-refractivity contribution in [3.05, 3.63) is 0 Å². The van der Waals surface area contributed by atoms with Crippen molar-refractivity contribution >= 4 is 12.0 Å². The van der Waals surface area contributed by atoms with Gasteiger partial charge in [-0.25, -0.2) is 4.79 Å². The van der Waals surface area contributed by atoms with Gasteiger partial charge in [-0.1, -0.05) is 13.8 Å². The van der Waals surface area contributed by atoms with E-state index in [9.17, 15) is 14.7 Å². The fraction of sp³-hybridized carbons (Fsp3) is 0.846. The van der Waals surface area contributed by atoms with Crippen molar-refractivity contribution in [3.8, 4) is 0 Å². The van der Waals surface area contributed by atoms with E-state index in [4.69, 9.17) is 4.74 Å². The number of ether oxygens (including phenoxy) is 1. The molecule has 6 nitrogen and oxygen atoms in total. The lowest BCUT2D eigenvalue weighted by Crippen LogP contribution is -2.49. The van der Waals surface area contributed by atoms with Crippen LogP contribution in [-0.4, -0.2) is 42.9 Å². The zero-order valence-corrected chi connectivity index (χ0v) is 11.7. The van der Waals surface area contributed by atoms with Crippen molar-refractivity contribution in [2.45, 2.75) is 45.6 Å². The zero-order valence-electron chi connectivity index (χ0n) is 11.7. The average Bonchev–Trinajstić information content (AvgIpc) is 2.41. The number of carboxylic acid groups (broad SMARTS) is 1. The van der Waals surface area contributed by atoms with Crippen molar-refractivity contribution in [1.82, 2.24) is 10.6 Å². The van der Waals surface area contributed by atoms with E-state index in [1.165, 1.54) is 0 Å². The summed E-state index contributed by atoms with van der Waals surface area (Å²) in [5.74, 6) is -0.858. The van der Waals surface area contributed by atoms with Gasteiger partial charge in [0.1, 0.15) is 0 Å². The van der Waals surface area contributed by atoms with Crippen LogP contribution < -0.4 is 10.6 Å². The third-order valence-electron chi connectivity index (χ3n) is 3.95. The first kappa shape index (κ1) is 15.8. The highest BCUT2D eigenvalue weighted by Gasteiger charge is 2.35. The number of carbonyl (C=O) groups excluding carboxylic acids is 1.